The molecule has 1 aliphatic heterocycles. The fourth-order valence-corrected chi connectivity index (χ4v) is 1.81. The van der Waals surface area contributed by atoms with Gasteiger partial charge in [-0.15, -0.1) is 0 Å². The summed E-state index contributed by atoms with van der Waals surface area (Å²) in [6.07, 6.45) is 3.07. The van der Waals surface area contributed by atoms with Crippen molar-refractivity contribution in [3.8, 4) is 0 Å². The van der Waals surface area contributed by atoms with Crippen LogP contribution in [-0.2, 0) is 4.79 Å². The molecule has 0 saturated carbocycles. The summed E-state index contributed by atoms with van der Waals surface area (Å²) >= 11 is 0. The summed E-state index contributed by atoms with van der Waals surface area (Å²) in [5, 5.41) is 11.9. The highest BCUT2D eigenvalue weighted by Gasteiger charge is 2.24. The van der Waals surface area contributed by atoms with Crippen LogP contribution in [0.1, 0.15) is 26.2 Å². The van der Waals surface area contributed by atoms with Crippen molar-refractivity contribution in [2.75, 3.05) is 26.2 Å². The highest BCUT2D eigenvalue weighted by atomic mass is 16.3. The van der Waals surface area contributed by atoms with Crippen molar-refractivity contribution in [2.24, 2.45) is 0 Å². The van der Waals surface area contributed by atoms with Crippen molar-refractivity contribution in [2.45, 2.75) is 32.2 Å². The van der Waals surface area contributed by atoms with Crippen molar-refractivity contribution in [1.29, 1.82) is 0 Å². The van der Waals surface area contributed by atoms with Crippen LogP contribution in [0.2, 0.25) is 0 Å². The maximum absolute atomic E-state index is 11.4. The maximum atomic E-state index is 11.4. The summed E-state index contributed by atoms with van der Waals surface area (Å²) in [6.45, 7) is 4.32. The van der Waals surface area contributed by atoms with Gasteiger partial charge >= 0.3 is 0 Å². The van der Waals surface area contributed by atoms with Crippen molar-refractivity contribution < 1.29 is 9.90 Å². The van der Waals surface area contributed by atoms with Crippen LogP contribution >= 0.6 is 0 Å². The van der Waals surface area contributed by atoms with E-state index < -0.39 is 0 Å². The first-order valence-corrected chi connectivity index (χ1v) is 5.39. The molecular formula is C10H20N2O2. The first-order valence-electron chi connectivity index (χ1n) is 5.39. The number of carbonyl (C=O) groups is 1. The highest BCUT2D eigenvalue weighted by Crippen LogP contribution is 2.15. The molecule has 0 unspecified atom stereocenters. The fourth-order valence-electron chi connectivity index (χ4n) is 1.81. The molecule has 4 nitrogen and oxygen atoms in total. The second-order valence-corrected chi connectivity index (χ2v) is 3.80. The molecule has 14 heavy (non-hydrogen) atoms. The summed E-state index contributed by atoms with van der Waals surface area (Å²) < 4.78 is 0. The van der Waals surface area contributed by atoms with E-state index in [0.29, 0.717) is 6.54 Å². The average Bonchev–Trinajstić information content (AvgIpc) is 2.62. The molecule has 2 N–H and O–H groups in total. The van der Waals surface area contributed by atoms with Crippen LogP contribution in [0.5, 0.6) is 0 Å². The van der Waals surface area contributed by atoms with Gasteiger partial charge in [-0.05, 0) is 25.8 Å². The minimum atomic E-state index is 0.0761. The minimum Gasteiger partial charge on any atom is -0.395 e. The molecule has 0 aromatic heterocycles. The third kappa shape index (κ3) is 3.27. The zero-order valence-electron chi connectivity index (χ0n) is 8.83. The number of hydrogen-bond donors (Lipinski definition) is 2. The number of hydrogen-bond acceptors (Lipinski definition) is 3. The molecule has 0 aromatic carbocycles. The van der Waals surface area contributed by atoms with Gasteiger partial charge in [-0.2, -0.15) is 0 Å². The maximum Gasteiger partial charge on any atom is 0.234 e. The predicted octanol–water partition coefficient (Wildman–Crippen LogP) is -0.0307. The zero-order valence-corrected chi connectivity index (χ0v) is 8.83. The smallest absolute Gasteiger partial charge is 0.234 e. The molecule has 1 amide bonds. The van der Waals surface area contributed by atoms with E-state index >= 15 is 0 Å². The SMILES string of the molecule is CCCNC(=O)CN1CCC[C@H]1CO. The molecule has 0 aliphatic carbocycles. The molecule has 1 rings (SSSR count). The van der Waals surface area contributed by atoms with Crippen LogP contribution in [0.4, 0.5) is 0 Å². The number of nitrogens with one attached hydrogen (secondary N) is 1. The number of nitrogens with zero attached hydrogens (tertiary/aromatic N) is 1. The summed E-state index contributed by atoms with van der Waals surface area (Å²) in [6, 6.07) is 0.197. The molecule has 1 atom stereocenters. The molecule has 1 aliphatic rings. The van der Waals surface area contributed by atoms with Crippen LogP contribution in [0.25, 0.3) is 0 Å². The quantitative estimate of drug-likeness (QED) is 0.655. The van der Waals surface area contributed by atoms with Crippen LogP contribution in [0, 0.1) is 0 Å². The van der Waals surface area contributed by atoms with Crippen LogP contribution in [-0.4, -0.2) is 48.2 Å². The second-order valence-electron chi connectivity index (χ2n) is 3.80. The lowest BCUT2D eigenvalue weighted by atomic mass is 10.2. The summed E-state index contributed by atoms with van der Waals surface area (Å²) in [7, 11) is 0. The Bertz CT molecular complexity index is 185. The highest BCUT2D eigenvalue weighted by molar-refractivity contribution is 5.78. The number of amides is 1. The van der Waals surface area contributed by atoms with E-state index in [-0.39, 0.29) is 18.6 Å². The van der Waals surface area contributed by atoms with E-state index in [1.165, 1.54) is 0 Å². The Kier molecular flexibility index (Phi) is 4.90. The number of aliphatic hydroxyl groups is 1. The normalized spacial score (nSPS) is 22.6. The number of carbonyl (C=O) groups excluding carboxylic acids is 1. The lowest BCUT2D eigenvalue weighted by Gasteiger charge is -2.21. The molecule has 4 heteroatoms. The number of likely N-dealkylation sites (tertiary alicyclic amines) is 1. The van der Waals surface area contributed by atoms with Gasteiger partial charge in [0.1, 0.15) is 0 Å². The van der Waals surface area contributed by atoms with Gasteiger partial charge in [0.2, 0.25) is 5.91 Å². The molecule has 0 radical (unpaired) electrons. The summed E-state index contributed by atoms with van der Waals surface area (Å²) in [4.78, 5) is 13.4. The largest absolute Gasteiger partial charge is 0.395 e. The van der Waals surface area contributed by atoms with E-state index in [1.807, 2.05) is 6.92 Å². The molecule has 0 spiro atoms. The van der Waals surface area contributed by atoms with E-state index in [0.717, 1.165) is 32.4 Å². The summed E-state index contributed by atoms with van der Waals surface area (Å²) in [5.74, 6) is 0.0761. The Morgan fingerprint density at radius 2 is 2.43 bits per heavy atom. The van der Waals surface area contributed by atoms with Gasteiger partial charge in [0.15, 0.2) is 0 Å². The molecule has 0 aromatic rings. The van der Waals surface area contributed by atoms with E-state index in [1.54, 1.807) is 0 Å². The Morgan fingerprint density at radius 3 is 3.07 bits per heavy atom. The molecule has 1 fully saturated rings. The van der Waals surface area contributed by atoms with Crippen LogP contribution in [0.15, 0.2) is 0 Å². The predicted molar refractivity (Wildman–Crippen MR) is 55.0 cm³/mol. The Labute approximate surface area is 85.3 Å². The third-order valence-electron chi connectivity index (χ3n) is 2.63. The molecule has 0 bridgehead atoms. The first-order chi connectivity index (χ1) is 6.77. The average molecular weight is 200 g/mol. The monoisotopic (exact) mass is 200 g/mol. The standard InChI is InChI=1S/C10H20N2O2/c1-2-5-11-10(14)7-12-6-3-4-9(12)8-13/h9,13H,2-8H2,1H3,(H,11,14)/t9-/m0/s1. The van der Waals surface area contributed by atoms with Crippen LogP contribution < -0.4 is 5.32 Å². The fraction of sp³-hybridized carbons (Fsp3) is 0.900. The molecular weight excluding hydrogens is 180 g/mol. The summed E-state index contributed by atoms with van der Waals surface area (Å²) in [5.41, 5.74) is 0. The second kappa shape index (κ2) is 5.98. The topological polar surface area (TPSA) is 52.6 Å². The zero-order chi connectivity index (χ0) is 10.4. The van der Waals surface area contributed by atoms with Gasteiger partial charge in [-0.3, -0.25) is 9.69 Å². The van der Waals surface area contributed by atoms with Crippen molar-refractivity contribution >= 4 is 5.91 Å². The molecule has 1 saturated heterocycles. The van der Waals surface area contributed by atoms with Gasteiger partial charge in [0.25, 0.3) is 0 Å². The molecule has 82 valence electrons. The van der Waals surface area contributed by atoms with Gasteiger partial charge in [0.05, 0.1) is 13.2 Å². The van der Waals surface area contributed by atoms with Crippen molar-refractivity contribution in [3.05, 3.63) is 0 Å². The van der Waals surface area contributed by atoms with Crippen LogP contribution in [0.3, 0.4) is 0 Å². The Morgan fingerprint density at radius 1 is 1.64 bits per heavy atom. The van der Waals surface area contributed by atoms with Gasteiger partial charge in [-0.25, -0.2) is 0 Å². The van der Waals surface area contributed by atoms with E-state index in [9.17, 15) is 4.79 Å². The lowest BCUT2D eigenvalue weighted by molar-refractivity contribution is -0.122. The number of rotatable bonds is 5. The Balaban J connectivity index is 2.25. The number of aliphatic hydroxyl groups excluding tert-OH is 1. The minimum absolute atomic E-state index is 0.0761. The van der Waals surface area contributed by atoms with Gasteiger partial charge in [-0.1, -0.05) is 6.92 Å². The lowest BCUT2D eigenvalue weighted by Crippen LogP contribution is -2.41. The first kappa shape index (κ1) is 11.5. The van der Waals surface area contributed by atoms with Crippen molar-refractivity contribution in [1.82, 2.24) is 10.2 Å². The van der Waals surface area contributed by atoms with Crippen molar-refractivity contribution in [3.63, 3.8) is 0 Å². The molecule has 1 heterocycles. The van der Waals surface area contributed by atoms with E-state index in [4.69, 9.17) is 5.11 Å². The van der Waals surface area contributed by atoms with E-state index in [2.05, 4.69) is 10.2 Å². The van der Waals surface area contributed by atoms with Gasteiger partial charge < -0.3 is 10.4 Å². The third-order valence-corrected chi connectivity index (χ3v) is 2.63. The van der Waals surface area contributed by atoms with Gasteiger partial charge in [0, 0.05) is 12.6 Å². The Hall–Kier alpha value is -0.610.